The van der Waals surface area contributed by atoms with Crippen molar-refractivity contribution in [3.8, 4) is 0 Å². The number of para-hydroxylation sites is 2. The van der Waals surface area contributed by atoms with Gasteiger partial charge in [-0.3, -0.25) is 0 Å². The van der Waals surface area contributed by atoms with Crippen LogP contribution in [0.25, 0.3) is 0 Å². The molecule has 0 amide bonds. The van der Waals surface area contributed by atoms with Crippen molar-refractivity contribution in [2.45, 2.75) is 0 Å². The normalized spacial score (nSPS) is 11.0. The average Bonchev–Trinajstić information content (AvgIpc) is 2.59. The maximum atomic E-state index is 13.9. The van der Waals surface area contributed by atoms with Crippen molar-refractivity contribution in [1.29, 1.82) is 0 Å². The molecule has 0 radical (unpaired) electrons. The van der Waals surface area contributed by atoms with Gasteiger partial charge in [-0.05, 0) is 48.7 Å². The van der Waals surface area contributed by atoms with Crippen molar-refractivity contribution in [1.82, 2.24) is 0 Å². The van der Waals surface area contributed by atoms with Crippen LogP contribution in [-0.2, 0) is 0 Å². The van der Waals surface area contributed by atoms with Gasteiger partial charge in [-0.2, -0.15) is 10.2 Å². The van der Waals surface area contributed by atoms with E-state index in [0.717, 1.165) is 10.0 Å². The average molecular weight is 392 g/mol. The summed E-state index contributed by atoms with van der Waals surface area (Å²) in [4.78, 5) is 0. The number of anilines is 2. The van der Waals surface area contributed by atoms with Gasteiger partial charge in [0.25, 0.3) is 0 Å². The molecule has 0 heterocycles. The zero-order valence-corrected chi connectivity index (χ0v) is 14.9. The molecule has 6 nitrogen and oxygen atoms in total. The quantitative estimate of drug-likeness (QED) is 0.463. The van der Waals surface area contributed by atoms with Gasteiger partial charge in [-0.1, -0.05) is 24.3 Å². The lowest BCUT2D eigenvalue weighted by Crippen LogP contribution is -2.32. The van der Waals surface area contributed by atoms with Crippen LogP contribution < -0.4 is 21.5 Å². The smallest absolute Gasteiger partial charge is 0.191 e. The van der Waals surface area contributed by atoms with Crippen molar-refractivity contribution >= 4 is 58.5 Å². The van der Waals surface area contributed by atoms with Crippen LogP contribution in [0, 0.1) is 11.6 Å². The van der Waals surface area contributed by atoms with E-state index in [1.165, 1.54) is 48.8 Å². The van der Waals surface area contributed by atoms with Crippen LogP contribution in [-0.4, -0.2) is 22.7 Å². The lowest BCUT2D eigenvalue weighted by molar-refractivity contribution is 0.626. The third-order valence-electron chi connectivity index (χ3n) is 3.01. The molecule has 26 heavy (non-hydrogen) atoms. The fraction of sp³-hybridized carbons (Fsp3) is 0. The fourth-order valence-electron chi connectivity index (χ4n) is 1.92. The van der Waals surface area contributed by atoms with Crippen molar-refractivity contribution in [2.75, 3.05) is 10.0 Å². The van der Waals surface area contributed by atoms with E-state index in [9.17, 15) is 8.78 Å². The fourth-order valence-corrected chi connectivity index (χ4v) is 2.21. The monoisotopic (exact) mass is 392 g/mol. The summed E-state index contributed by atoms with van der Waals surface area (Å²) in [6, 6.07) is 11.7. The van der Waals surface area contributed by atoms with E-state index in [0.29, 0.717) is 0 Å². The summed E-state index contributed by atoms with van der Waals surface area (Å²) in [5, 5.41) is 9.60. The highest BCUT2D eigenvalue weighted by molar-refractivity contribution is 7.80. The molecule has 0 aliphatic heterocycles. The van der Waals surface area contributed by atoms with Gasteiger partial charge < -0.3 is 11.5 Å². The summed E-state index contributed by atoms with van der Waals surface area (Å²) < 4.78 is 27.7. The predicted octanol–water partition coefficient (Wildman–Crippen LogP) is 2.74. The minimum absolute atomic E-state index is 0.0740. The SMILES string of the molecule is NC(=S)N(N=CC=NN(C(N)=S)c1ccccc1F)c1ccccc1F. The summed E-state index contributed by atoms with van der Waals surface area (Å²) in [5.74, 6) is -1.10. The molecule has 0 aliphatic carbocycles. The Hall–Kier alpha value is -2.98. The maximum absolute atomic E-state index is 13.9. The Morgan fingerprint density at radius 2 is 1.12 bits per heavy atom. The lowest BCUT2D eigenvalue weighted by Gasteiger charge is -2.17. The minimum Gasteiger partial charge on any atom is -0.374 e. The van der Waals surface area contributed by atoms with Gasteiger partial charge >= 0.3 is 0 Å². The highest BCUT2D eigenvalue weighted by Crippen LogP contribution is 2.19. The first-order valence-corrected chi connectivity index (χ1v) is 7.98. The number of benzene rings is 2. The molecule has 0 atom stereocenters. The zero-order valence-electron chi connectivity index (χ0n) is 13.3. The topological polar surface area (TPSA) is 83.2 Å². The molecule has 0 saturated carbocycles. The molecule has 4 N–H and O–H groups in total. The molecule has 0 aromatic heterocycles. The van der Waals surface area contributed by atoms with E-state index in [1.807, 2.05) is 0 Å². The van der Waals surface area contributed by atoms with E-state index >= 15 is 0 Å². The molecule has 0 saturated heterocycles. The van der Waals surface area contributed by atoms with E-state index in [4.69, 9.17) is 35.9 Å². The van der Waals surface area contributed by atoms with Gasteiger partial charge in [0.2, 0.25) is 0 Å². The molecule has 2 aromatic carbocycles. The molecule has 10 heteroatoms. The molecular formula is C16H14F2N6S2. The first kappa shape index (κ1) is 19.3. The number of halogens is 2. The number of nitrogens with zero attached hydrogens (tertiary/aromatic N) is 4. The van der Waals surface area contributed by atoms with Crippen LogP contribution in [0.1, 0.15) is 0 Å². The molecule has 0 bridgehead atoms. The third-order valence-corrected chi connectivity index (χ3v) is 3.36. The molecular weight excluding hydrogens is 378 g/mol. The second kappa shape index (κ2) is 8.92. The first-order chi connectivity index (χ1) is 12.4. The molecule has 2 aromatic rings. The molecule has 0 aliphatic rings. The van der Waals surface area contributed by atoms with Crippen molar-refractivity contribution in [3.05, 3.63) is 60.2 Å². The van der Waals surface area contributed by atoms with E-state index < -0.39 is 11.6 Å². The number of rotatable bonds is 5. The molecule has 0 fully saturated rings. The summed E-state index contributed by atoms with van der Waals surface area (Å²) >= 11 is 9.75. The summed E-state index contributed by atoms with van der Waals surface area (Å²) in [6.45, 7) is 0. The highest BCUT2D eigenvalue weighted by atomic mass is 32.1. The van der Waals surface area contributed by atoms with E-state index in [-0.39, 0.29) is 21.6 Å². The standard InChI is InChI=1S/C16H14F2N6S2/c17-11-5-1-3-7-13(11)23(15(19)25)21-9-10-22-24(16(20)26)14-8-4-2-6-12(14)18/h1-10H,(H2,19,25)(H2,20,26). The molecule has 2 rings (SSSR count). The molecule has 134 valence electrons. The zero-order chi connectivity index (χ0) is 19.1. The van der Waals surface area contributed by atoms with Gasteiger partial charge in [0.05, 0.1) is 12.4 Å². The Bertz CT molecular complexity index is 800. The van der Waals surface area contributed by atoms with Crippen LogP contribution in [0.4, 0.5) is 20.2 Å². The van der Waals surface area contributed by atoms with Crippen molar-refractivity contribution in [2.24, 2.45) is 21.7 Å². The van der Waals surface area contributed by atoms with Gasteiger partial charge in [0.15, 0.2) is 10.2 Å². The number of nitrogens with two attached hydrogens (primary N) is 2. The van der Waals surface area contributed by atoms with E-state index in [1.54, 1.807) is 12.1 Å². The second-order valence-corrected chi connectivity index (χ2v) is 5.57. The van der Waals surface area contributed by atoms with Gasteiger partial charge in [0.1, 0.15) is 23.0 Å². The van der Waals surface area contributed by atoms with Crippen LogP contribution in [0.15, 0.2) is 58.7 Å². The maximum Gasteiger partial charge on any atom is 0.191 e. The molecule has 0 unspecified atom stereocenters. The van der Waals surface area contributed by atoms with Crippen LogP contribution in [0.2, 0.25) is 0 Å². The first-order valence-electron chi connectivity index (χ1n) is 7.16. The Kier molecular flexibility index (Phi) is 6.64. The number of hydrazone groups is 2. The molecule has 0 spiro atoms. The minimum atomic E-state index is -0.550. The van der Waals surface area contributed by atoms with Crippen LogP contribution in [0.5, 0.6) is 0 Å². The van der Waals surface area contributed by atoms with Crippen molar-refractivity contribution < 1.29 is 8.78 Å². The third kappa shape index (κ3) is 4.77. The Balaban J connectivity index is 2.23. The lowest BCUT2D eigenvalue weighted by atomic mass is 10.3. The van der Waals surface area contributed by atoms with E-state index in [2.05, 4.69) is 10.2 Å². The van der Waals surface area contributed by atoms with Gasteiger partial charge in [-0.25, -0.2) is 18.8 Å². The number of hydrogen-bond acceptors (Lipinski definition) is 4. The summed E-state index contributed by atoms with van der Waals surface area (Å²) in [5.41, 5.74) is 11.3. The Morgan fingerprint density at radius 3 is 1.42 bits per heavy atom. The van der Waals surface area contributed by atoms with Crippen molar-refractivity contribution in [3.63, 3.8) is 0 Å². The van der Waals surface area contributed by atoms with Gasteiger partial charge in [-0.15, -0.1) is 0 Å². The predicted molar refractivity (Wildman–Crippen MR) is 108 cm³/mol. The summed E-state index contributed by atoms with van der Waals surface area (Å²) in [6.07, 6.45) is 2.38. The number of thiocarbonyl (C=S) groups is 2. The Morgan fingerprint density at radius 1 is 0.769 bits per heavy atom. The number of hydrogen-bond donors (Lipinski definition) is 2. The van der Waals surface area contributed by atoms with Crippen LogP contribution >= 0.6 is 24.4 Å². The Labute approximate surface area is 159 Å². The van der Waals surface area contributed by atoms with Gasteiger partial charge in [0, 0.05) is 0 Å². The highest BCUT2D eigenvalue weighted by Gasteiger charge is 2.13. The second-order valence-electron chi connectivity index (χ2n) is 4.73. The van der Waals surface area contributed by atoms with Crippen LogP contribution in [0.3, 0.4) is 0 Å². The summed E-state index contributed by atoms with van der Waals surface area (Å²) in [7, 11) is 0. The largest absolute Gasteiger partial charge is 0.374 e.